The van der Waals surface area contributed by atoms with Crippen molar-refractivity contribution in [2.24, 2.45) is 5.92 Å². The van der Waals surface area contributed by atoms with E-state index in [1.54, 1.807) is 6.20 Å². The van der Waals surface area contributed by atoms with Crippen LogP contribution in [0.15, 0.2) is 12.3 Å². The van der Waals surface area contributed by atoms with Gasteiger partial charge in [-0.15, -0.1) is 0 Å². The lowest BCUT2D eigenvalue weighted by atomic mass is 10.2. The first kappa shape index (κ1) is 12.0. The topological polar surface area (TPSA) is 38.3 Å². The lowest BCUT2D eigenvalue weighted by Gasteiger charge is -2.18. The molecule has 3 heteroatoms. The van der Waals surface area contributed by atoms with Gasteiger partial charge >= 0.3 is 6.09 Å². The number of rotatable bonds is 2. The maximum Gasteiger partial charge on any atom is 0.411 e. The minimum absolute atomic E-state index is 0.413. The van der Waals surface area contributed by atoms with Gasteiger partial charge in [-0.1, -0.05) is 19.9 Å². The number of carbonyl (C=O) groups excluding carboxylic acids is 1. The quantitative estimate of drug-likeness (QED) is 0.718. The van der Waals surface area contributed by atoms with Crippen molar-refractivity contribution in [1.29, 1.82) is 0 Å². The van der Waals surface area contributed by atoms with Gasteiger partial charge in [0.25, 0.3) is 0 Å². The first-order valence-electron chi connectivity index (χ1n) is 4.47. The van der Waals surface area contributed by atoms with Gasteiger partial charge in [0.05, 0.1) is 0 Å². The van der Waals surface area contributed by atoms with Gasteiger partial charge in [-0.2, -0.15) is 0 Å². The van der Waals surface area contributed by atoms with Crippen molar-refractivity contribution in [2.45, 2.75) is 40.2 Å². The number of alkyl carbamates (subject to hydrolysis) is 1. The van der Waals surface area contributed by atoms with Crippen LogP contribution in [0.1, 0.15) is 34.6 Å². The molecule has 13 heavy (non-hydrogen) atoms. The largest absolute Gasteiger partial charge is 0.444 e. The minimum Gasteiger partial charge on any atom is -0.444 e. The van der Waals surface area contributed by atoms with Crippen LogP contribution in [0.25, 0.3) is 0 Å². The van der Waals surface area contributed by atoms with Crippen molar-refractivity contribution >= 4 is 6.09 Å². The smallest absolute Gasteiger partial charge is 0.411 e. The number of amides is 1. The highest BCUT2D eigenvalue weighted by Gasteiger charge is 2.14. The van der Waals surface area contributed by atoms with E-state index in [0.717, 1.165) is 0 Å². The van der Waals surface area contributed by atoms with Crippen molar-refractivity contribution < 1.29 is 9.53 Å². The SMILES string of the molecule is CC(C)C=CNC(=O)OC(C)(C)C. The molecule has 3 nitrogen and oxygen atoms in total. The van der Waals surface area contributed by atoms with Gasteiger partial charge in [-0.25, -0.2) is 4.79 Å². The Labute approximate surface area is 80.2 Å². The molecule has 0 aliphatic rings. The molecular weight excluding hydrogens is 166 g/mol. The van der Waals surface area contributed by atoms with Crippen molar-refractivity contribution in [3.05, 3.63) is 12.3 Å². The summed E-state index contributed by atoms with van der Waals surface area (Å²) >= 11 is 0. The molecule has 0 fully saturated rings. The average Bonchev–Trinajstić information content (AvgIpc) is 1.81. The van der Waals surface area contributed by atoms with E-state index in [1.807, 2.05) is 40.7 Å². The summed E-state index contributed by atoms with van der Waals surface area (Å²) in [6, 6.07) is 0. The number of hydrogen-bond acceptors (Lipinski definition) is 2. The van der Waals surface area contributed by atoms with Crippen molar-refractivity contribution in [3.8, 4) is 0 Å². The van der Waals surface area contributed by atoms with E-state index < -0.39 is 11.7 Å². The fourth-order valence-electron chi connectivity index (χ4n) is 0.616. The molecule has 0 aromatic heterocycles. The standard InChI is InChI=1S/C10H19NO2/c1-8(2)6-7-11-9(12)13-10(3,4)5/h6-8H,1-5H3,(H,11,12). The third-order valence-electron chi connectivity index (χ3n) is 1.08. The van der Waals surface area contributed by atoms with Crippen LogP contribution in [-0.2, 0) is 4.74 Å². The Hall–Kier alpha value is -0.990. The minimum atomic E-state index is -0.435. The number of carbonyl (C=O) groups is 1. The van der Waals surface area contributed by atoms with Crippen LogP contribution in [0.4, 0.5) is 4.79 Å². The van der Waals surface area contributed by atoms with E-state index in [2.05, 4.69) is 5.32 Å². The Morgan fingerprint density at radius 2 is 1.92 bits per heavy atom. The van der Waals surface area contributed by atoms with Crippen molar-refractivity contribution in [2.75, 3.05) is 0 Å². The molecule has 0 aromatic rings. The Bertz CT molecular complexity index is 190. The molecule has 0 aromatic carbocycles. The van der Waals surface area contributed by atoms with Gasteiger partial charge in [0.15, 0.2) is 0 Å². The summed E-state index contributed by atoms with van der Waals surface area (Å²) in [5, 5.41) is 2.53. The molecule has 0 saturated heterocycles. The van der Waals surface area contributed by atoms with Crippen LogP contribution < -0.4 is 5.32 Å². The highest BCUT2D eigenvalue weighted by molar-refractivity contribution is 5.68. The lowest BCUT2D eigenvalue weighted by molar-refractivity contribution is 0.0552. The predicted molar refractivity (Wildman–Crippen MR) is 53.3 cm³/mol. The highest BCUT2D eigenvalue weighted by atomic mass is 16.6. The first-order chi connectivity index (χ1) is 5.81. The zero-order valence-corrected chi connectivity index (χ0v) is 9.05. The molecule has 0 spiro atoms. The Kier molecular flexibility index (Phi) is 4.52. The van der Waals surface area contributed by atoms with Crippen molar-refractivity contribution in [3.63, 3.8) is 0 Å². The summed E-state index contributed by atoms with van der Waals surface area (Å²) in [5.41, 5.74) is -0.435. The fourth-order valence-corrected chi connectivity index (χ4v) is 0.616. The fraction of sp³-hybridized carbons (Fsp3) is 0.700. The summed E-state index contributed by atoms with van der Waals surface area (Å²) < 4.78 is 5.02. The average molecular weight is 185 g/mol. The van der Waals surface area contributed by atoms with Crippen molar-refractivity contribution in [1.82, 2.24) is 5.32 Å². The summed E-state index contributed by atoms with van der Waals surface area (Å²) in [5.74, 6) is 0.426. The first-order valence-corrected chi connectivity index (χ1v) is 4.47. The van der Waals surface area contributed by atoms with E-state index in [4.69, 9.17) is 4.74 Å². The van der Waals surface area contributed by atoms with Crippen LogP contribution in [-0.4, -0.2) is 11.7 Å². The second-order valence-electron chi connectivity index (χ2n) is 4.25. The molecule has 1 amide bonds. The molecule has 0 bridgehead atoms. The zero-order valence-electron chi connectivity index (χ0n) is 9.05. The molecule has 0 aliphatic heterocycles. The van der Waals surface area contributed by atoms with Crippen LogP contribution in [0, 0.1) is 5.92 Å². The number of hydrogen-bond donors (Lipinski definition) is 1. The Balaban J connectivity index is 3.77. The molecule has 0 aliphatic carbocycles. The van der Waals surface area contributed by atoms with Crippen LogP contribution >= 0.6 is 0 Å². The Morgan fingerprint density at radius 3 is 2.31 bits per heavy atom. The summed E-state index contributed by atoms with van der Waals surface area (Å²) in [4.78, 5) is 11.1. The van der Waals surface area contributed by atoms with E-state index in [0.29, 0.717) is 5.92 Å². The van der Waals surface area contributed by atoms with Gasteiger partial charge in [0.1, 0.15) is 5.60 Å². The molecule has 0 rings (SSSR count). The van der Waals surface area contributed by atoms with E-state index in [1.165, 1.54) is 0 Å². The van der Waals surface area contributed by atoms with Gasteiger partial charge < -0.3 is 4.74 Å². The second-order valence-corrected chi connectivity index (χ2v) is 4.25. The molecule has 1 N–H and O–H groups in total. The molecule has 0 radical (unpaired) electrons. The van der Waals surface area contributed by atoms with Crippen LogP contribution in [0.2, 0.25) is 0 Å². The highest BCUT2D eigenvalue weighted by Crippen LogP contribution is 2.06. The van der Waals surface area contributed by atoms with Gasteiger partial charge in [0.2, 0.25) is 0 Å². The molecule has 0 unspecified atom stereocenters. The normalized spacial score (nSPS) is 12.2. The molecular formula is C10H19NO2. The van der Waals surface area contributed by atoms with Crippen LogP contribution in [0.5, 0.6) is 0 Å². The zero-order chi connectivity index (χ0) is 10.5. The van der Waals surface area contributed by atoms with E-state index in [9.17, 15) is 4.79 Å². The van der Waals surface area contributed by atoms with Gasteiger partial charge in [-0.3, -0.25) is 5.32 Å². The van der Waals surface area contributed by atoms with Crippen LogP contribution in [0.3, 0.4) is 0 Å². The van der Waals surface area contributed by atoms with E-state index in [-0.39, 0.29) is 0 Å². The lowest BCUT2D eigenvalue weighted by Crippen LogP contribution is -2.29. The molecule has 76 valence electrons. The summed E-state index contributed by atoms with van der Waals surface area (Å²) in [6.07, 6.45) is 3.09. The third kappa shape index (κ3) is 8.92. The summed E-state index contributed by atoms with van der Waals surface area (Å²) in [6.45, 7) is 9.57. The maximum absolute atomic E-state index is 11.1. The van der Waals surface area contributed by atoms with Gasteiger partial charge in [0, 0.05) is 6.20 Å². The maximum atomic E-state index is 11.1. The molecule has 0 heterocycles. The number of nitrogens with one attached hydrogen (secondary N) is 1. The monoisotopic (exact) mass is 185 g/mol. The predicted octanol–water partition coefficient (Wildman–Crippen LogP) is 2.68. The number of ether oxygens (including phenoxy) is 1. The summed E-state index contributed by atoms with van der Waals surface area (Å²) in [7, 11) is 0. The van der Waals surface area contributed by atoms with Gasteiger partial charge in [-0.05, 0) is 26.7 Å². The molecule has 0 atom stereocenters. The number of allylic oxidation sites excluding steroid dienone is 1. The Morgan fingerprint density at radius 1 is 1.38 bits per heavy atom. The molecule has 0 saturated carbocycles. The second kappa shape index (κ2) is 4.90. The van der Waals surface area contributed by atoms with E-state index >= 15 is 0 Å². The third-order valence-corrected chi connectivity index (χ3v) is 1.08.